The standard InChI is InChI=1S/C22H20N2O4S/c1-16-8-14-19(15-9-16)29(26,27)24-21-7-5-3-4-6-20(21)23(22(24)25)17-10-12-18(28-2)13-11-17/h4-15H,3H2,1-2H3. The van der Waals surface area contributed by atoms with E-state index in [1.54, 1.807) is 55.7 Å². The first kappa shape index (κ1) is 19.0. The molecule has 1 aliphatic carbocycles. The van der Waals surface area contributed by atoms with Crippen molar-refractivity contribution in [1.82, 2.24) is 8.54 Å². The van der Waals surface area contributed by atoms with Crippen molar-refractivity contribution in [3.05, 3.63) is 88.1 Å². The molecule has 7 heteroatoms. The minimum absolute atomic E-state index is 0.0708. The van der Waals surface area contributed by atoms with Crippen LogP contribution in [-0.2, 0) is 10.0 Å². The number of methoxy groups -OCH3 is 1. The molecule has 0 atom stereocenters. The molecule has 0 aliphatic heterocycles. The lowest BCUT2D eigenvalue weighted by atomic mass is 10.2. The summed E-state index contributed by atoms with van der Waals surface area (Å²) in [6.45, 7) is 1.88. The van der Waals surface area contributed by atoms with E-state index in [4.69, 9.17) is 4.74 Å². The van der Waals surface area contributed by atoms with E-state index >= 15 is 0 Å². The maximum Gasteiger partial charge on any atom is 0.347 e. The Balaban J connectivity index is 2.01. The van der Waals surface area contributed by atoms with Crippen LogP contribution >= 0.6 is 0 Å². The molecular weight excluding hydrogens is 388 g/mol. The number of rotatable bonds is 4. The van der Waals surface area contributed by atoms with Crippen LogP contribution in [0.4, 0.5) is 0 Å². The van der Waals surface area contributed by atoms with Crippen LogP contribution in [0.1, 0.15) is 23.4 Å². The Morgan fingerprint density at radius 2 is 1.52 bits per heavy atom. The van der Waals surface area contributed by atoms with Gasteiger partial charge in [0.05, 0.1) is 29.1 Å². The number of aromatic nitrogens is 2. The van der Waals surface area contributed by atoms with Gasteiger partial charge < -0.3 is 4.74 Å². The van der Waals surface area contributed by atoms with Crippen molar-refractivity contribution in [1.29, 1.82) is 0 Å². The molecule has 4 rings (SSSR count). The van der Waals surface area contributed by atoms with Crippen molar-refractivity contribution in [2.24, 2.45) is 0 Å². The Kier molecular flexibility index (Phi) is 4.76. The molecule has 148 valence electrons. The molecule has 3 aromatic rings. The van der Waals surface area contributed by atoms with E-state index in [1.165, 1.54) is 16.7 Å². The van der Waals surface area contributed by atoms with Crippen molar-refractivity contribution in [3.8, 4) is 11.4 Å². The third-order valence-electron chi connectivity index (χ3n) is 4.80. The van der Waals surface area contributed by atoms with Gasteiger partial charge in [0.1, 0.15) is 5.75 Å². The van der Waals surface area contributed by atoms with E-state index in [1.807, 2.05) is 19.1 Å². The van der Waals surface area contributed by atoms with Crippen LogP contribution in [-0.4, -0.2) is 24.1 Å². The summed E-state index contributed by atoms with van der Waals surface area (Å²) >= 11 is 0. The van der Waals surface area contributed by atoms with E-state index in [2.05, 4.69) is 0 Å². The molecule has 0 N–H and O–H groups in total. The summed E-state index contributed by atoms with van der Waals surface area (Å²) in [5, 5.41) is 0. The summed E-state index contributed by atoms with van der Waals surface area (Å²) in [6, 6.07) is 13.4. The number of aryl methyl sites for hydroxylation is 1. The van der Waals surface area contributed by atoms with Gasteiger partial charge >= 0.3 is 5.69 Å². The molecule has 0 amide bonds. The number of allylic oxidation sites excluding steroid dienone is 2. The van der Waals surface area contributed by atoms with Crippen LogP contribution in [0.2, 0.25) is 0 Å². The quantitative estimate of drug-likeness (QED) is 0.661. The molecular formula is C22H20N2O4S. The Morgan fingerprint density at radius 3 is 2.14 bits per heavy atom. The smallest absolute Gasteiger partial charge is 0.347 e. The van der Waals surface area contributed by atoms with E-state index in [0.29, 0.717) is 29.2 Å². The number of hydrogen-bond donors (Lipinski definition) is 0. The number of hydrogen-bond acceptors (Lipinski definition) is 4. The second-order valence-electron chi connectivity index (χ2n) is 6.71. The third-order valence-corrected chi connectivity index (χ3v) is 6.50. The van der Waals surface area contributed by atoms with Crippen LogP contribution in [0, 0.1) is 6.92 Å². The highest BCUT2D eigenvalue weighted by Crippen LogP contribution is 2.25. The van der Waals surface area contributed by atoms with Crippen LogP contribution < -0.4 is 10.4 Å². The number of nitrogens with zero attached hydrogens (tertiary/aromatic N) is 2. The van der Waals surface area contributed by atoms with Crippen molar-refractivity contribution in [3.63, 3.8) is 0 Å². The zero-order valence-electron chi connectivity index (χ0n) is 16.1. The van der Waals surface area contributed by atoms with Gasteiger partial charge in [-0.1, -0.05) is 29.8 Å². The van der Waals surface area contributed by atoms with Gasteiger partial charge in [-0.2, -0.15) is 3.97 Å². The SMILES string of the molecule is COc1ccc(-n2c3c(n(S(=O)(=O)c4ccc(C)cc4)c2=O)C=CCC=C3)cc1. The number of fused-ring (bicyclic) bond motifs is 1. The van der Waals surface area contributed by atoms with E-state index in [-0.39, 0.29) is 4.90 Å². The van der Waals surface area contributed by atoms with Gasteiger partial charge in [-0.25, -0.2) is 13.2 Å². The van der Waals surface area contributed by atoms with Gasteiger partial charge in [0.15, 0.2) is 0 Å². The topological polar surface area (TPSA) is 70.3 Å². The van der Waals surface area contributed by atoms with E-state index < -0.39 is 15.7 Å². The third kappa shape index (κ3) is 3.23. The fourth-order valence-corrected chi connectivity index (χ4v) is 4.69. The molecule has 0 fully saturated rings. The van der Waals surface area contributed by atoms with Crippen molar-refractivity contribution < 1.29 is 13.2 Å². The highest BCUT2D eigenvalue weighted by atomic mass is 32.2. The number of benzene rings is 2. The predicted molar refractivity (Wildman–Crippen MR) is 113 cm³/mol. The largest absolute Gasteiger partial charge is 0.497 e. The average Bonchev–Trinajstić information content (AvgIpc) is 2.84. The highest BCUT2D eigenvalue weighted by Gasteiger charge is 2.28. The summed E-state index contributed by atoms with van der Waals surface area (Å²) in [5.74, 6) is 0.648. The summed E-state index contributed by atoms with van der Waals surface area (Å²) in [6.07, 6.45) is 7.84. The lowest BCUT2D eigenvalue weighted by molar-refractivity contribution is 0.414. The van der Waals surface area contributed by atoms with E-state index in [9.17, 15) is 13.2 Å². The second-order valence-corrected chi connectivity index (χ2v) is 8.50. The predicted octanol–water partition coefficient (Wildman–Crippen LogP) is 3.62. The van der Waals surface area contributed by atoms with E-state index in [0.717, 1.165) is 9.54 Å². The molecule has 1 aromatic heterocycles. The molecule has 29 heavy (non-hydrogen) atoms. The second kappa shape index (κ2) is 7.25. The zero-order valence-corrected chi connectivity index (χ0v) is 16.9. The molecule has 0 saturated carbocycles. The van der Waals surface area contributed by atoms with Gasteiger partial charge in [0.25, 0.3) is 10.0 Å². The fourth-order valence-electron chi connectivity index (χ4n) is 3.30. The molecule has 0 unspecified atom stereocenters. The maximum atomic E-state index is 13.4. The summed E-state index contributed by atoms with van der Waals surface area (Å²) in [5.41, 5.74) is 1.71. The molecule has 0 radical (unpaired) electrons. The van der Waals surface area contributed by atoms with Crippen molar-refractivity contribution >= 4 is 22.2 Å². The Bertz CT molecular complexity index is 1280. The van der Waals surface area contributed by atoms with Crippen LogP contribution in [0.3, 0.4) is 0 Å². The molecule has 6 nitrogen and oxygen atoms in total. The first-order valence-electron chi connectivity index (χ1n) is 9.11. The Labute approximate surface area is 169 Å². The number of ether oxygens (including phenoxy) is 1. The van der Waals surface area contributed by atoms with Gasteiger partial charge in [-0.3, -0.25) is 4.57 Å². The molecule has 2 aromatic carbocycles. The minimum Gasteiger partial charge on any atom is -0.497 e. The van der Waals surface area contributed by atoms with Crippen molar-refractivity contribution in [2.45, 2.75) is 18.2 Å². The molecule has 1 heterocycles. The Morgan fingerprint density at radius 1 is 0.897 bits per heavy atom. The highest BCUT2D eigenvalue weighted by molar-refractivity contribution is 7.90. The van der Waals surface area contributed by atoms with Crippen molar-refractivity contribution in [2.75, 3.05) is 7.11 Å². The van der Waals surface area contributed by atoms with Crippen LogP contribution in [0.15, 0.2) is 70.4 Å². The lowest BCUT2D eigenvalue weighted by Gasteiger charge is -2.07. The first-order valence-corrected chi connectivity index (χ1v) is 10.5. The average molecular weight is 408 g/mol. The van der Waals surface area contributed by atoms with Crippen LogP contribution in [0.25, 0.3) is 17.8 Å². The summed E-state index contributed by atoms with van der Waals surface area (Å²) in [4.78, 5) is 13.4. The summed E-state index contributed by atoms with van der Waals surface area (Å²) < 4.78 is 34.2. The normalized spacial score (nSPS) is 13.2. The van der Waals surface area contributed by atoms with Gasteiger partial charge in [0.2, 0.25) is 0 Å². The molecule has 0 saturated heterocycles. The zero-order chi connectivity index (χ0) is 20.6. The maximum absolute atomic E-state index is 13.4. The van der Waals surface area contributed by atoms with Gasteiger partial charge in [-0.15, -0.1) is 0 Å². The Hall–Kier alpha value is -3.32. The molecule has 1 aliphatic rings. The molecule has 0 spiro atoms. The number of imidazole rings is 1. The van der Waals surface area contributed by atoms with Crippen LogP contribution in [0.5, 0.6) is 5.75 Å². The fraction of sp³-hybridized carbons (Fsp3) is 0.136. The first-order chi connectivity index (χ1) is 13.9. The summed E-state index contributed by atoms with van der Waals surface area (Å²) in [7, 11) is -2.51. The molecule has 0 bridgehead atoms. The monoisotopic (exact) mass is 408 g/mol. The minimum atomic E-state index is -4.07. The van der Waals surface area contributed by atoms with Gasteiger partial charge in [-0.05, 0) is 61.9 Å². The lowest BCUT2D eigenvalue weighted by Crippen LogP contribution is -2.29. The van der Waals surface area contributed by atoms with Gasteiger partial charge in [0, 0.05) is 0 Å².